The minimum Gasteiger partial charge on any atom is -0.482 e. The summed E-state index contributed by atoms with van der Waals surface area (Å²) in [7, 11) is 1.28. The molecule has 0 saturated heterocycles. The van der Waals surface area contributed by atoms with Crippen LogP contribution in [0.15, 0.2) is 47.6 Å². The summed E-state index contributed by atoms with van der Waals surface area (Å²) in [6.45, 7) is 3.64. The maximum absolute atomic E-state index is 12.0. The molecule has 2 aromatic carbocycles. The summed E-state index contributed by atoms with van der Waals surface area (Å²) in [5.74, 6) is -1.00. The van der Waals surface area contributed by atoms with E-state index in [2.05, 4.69) is 20.6 Å². The quantitative estimate of drug-likeness (QED) is 0.308. The molecule has 152 valence electrons. The van der Waals surface area contributed by atoms with Crippen LogP contribution >= 0.6 is 0 Å². The molecule has 2 aromatic rings. The van der Waals surface area contributed by atoms with Crippen molar-refractivity contribution >= 4 is 29.7 Å². The molecule has 2 N–H and O–H groups in total. The molecule has 0 aromatic heterocycles. The van der Waals surface area contributed by atoms with E-state index in [1.54, 1.807) is 30.3 Å². The lowest BCUT2D eigenvalue weighted by Crippen LogP contribution is -2.24. The third kappa shape index (κ3) is 7.45. The number of ether oxygens (including phenoxy) is 2. The molecule has 8 nitrogen and oxygen atoms in total. The molecule has 0 spiro atoms. The van der Waals surface area contributed by atoms with Gasteiger partial charge in [0.1, 0.15) is 12.2 Å². The summed E-state index contributed by atoms with van der Waals surface area (Å²) in [5, 5.41) is 6.54. The number of rotatable bonds is 8. The number of esters is 1. The van der Waals surface area contributed by atoms with Crippen molar-refractivity contribution in [3.05, 3.63) is 59.2 Å². The van der Waals surface area contributed by atoms with Crippen LogP contribution in [-0.4, -0.2) is 37.7 Å². The molecule has 0 aliphatic carbocycles. The van der Waals surface area contributed by atoms with Crippen LogP contribution in [0.1, 0.15) is 23.1 Å². The maximum atomic E-state index is 12.0. The average molecular weight is 397 g/mol. The monoisotopic (exact) mass is 397 g/mol. The molecule has 0 atom stereocenters. The number of methoxy groups -OCH3 is 1. The Labute approximate surface area is 168 Å². The van der Waals surface area contributed by atoms with Gasteiger partial charge in [0.15, 0.2) is 6.61 Å². The molecule has 0 aliphatic rings. The third-order valence-electron chi connectivity index (χ3n) is 3.82. The molecule has 2 rings (SSSR count). The number of carbonyl (C=O) groups is 3. The first-order valence-corrected chi connectivity index (χ1v) is 8.86. The Morgan fingerprint density at radius 2 is 1.86 bits per heavy atom. The summed E-state index contributed by atoms with van der Waals surface area (Å²) in [6, 6.07) is 12.4. The van der Waals surface area contributed by atoms with Gasteiger partial charge in [-0.3, -0.25) is 9.59 Å². The number of carbonyl (C=O) groups excluding carboxylic acids is 3. The fourth-order valence-corrected chi connectivity index (χ4v) is 2.40. The SMILES string of the molecule is COC(=O)COc1cccc(C=NNC(=O)CC(=O)Nc2ccc(C)cc2C)c1. The van der Waals surface area contributed by atoms with E-state index in [1.165, 1.54) is 13.3 Å². The number of anilines is 1. The Balaban J connectivity index is 1.83. The number of hydrogen-bond donors (Lipinski definition) is 2. The van der Waals surface area contributed by atoms with E-state index in [-0.39, 0.29) is 13.0 Å². The Bertz CT molecular complexity index is 924. The predicted molar refractivity (Wildman–Crippen MR) is 109 cm³/mol. The maximum Gasteiger partial charge on any atom is 0.343 e. The number of benzene rings is 2. The van der Waals surface area contributed by atoms with E-state index < -0.39 is 17.8 Å². The zero-order valence-corrected chi connectivity index (χ0v) is 16.5. The van der Waals surface area contributed by atoms with E-state index in [9.17, 15) is 14.4 Å². The van der Waals surface area contributed by atoms with Crippen LogP contribution in [0.2, 0.25) is 0 Å². The molecular formula is C21H23N3O5. The number of amides is 2. The van der Waals surface area contributed by atoms with Gasteiger partial charge >= 0.3 is 5.97 Å². The molecule has 0 aliphatic heterocycles. The first-order valence-electron chi connectivity index (χ1n) is 8.86. The minimum atomic E-state index is -0.540. The number of hydrogen-bond acceptors (Lipinski definition) is 6. The molecule has 2 amide bonds. The van der Waals surface area contributed by atoms with Crippen molar-refractivity contribution in [1.29, 1.82) is 0 Å². The van der Waals surface area contributed by atoms with Crippen molar-refractivity contribution in [1.82, 2.24) is 5.43 Å². The highest BCUT2D eigenvalue weighted by Crippen LogP contribution is 2.16. The van der Waals surface area contributed by atoms with Crippen molar-refractivity contribution in [3.8, 4) is 5.75 Å². The van der Waals surface area contributed by atoms with Crippen molar-refractivity contribution in [2.75, 3.05) is 19.0 Å². The van der Waals surface area contributed by atoms with Gasteiger partial charge in [-0.05, 0) is 43.2 Å². The van der Waals surface area contributed by atoms with Crippen LogP contribution in [0.5, 0.6) is 5.75 Å². The largest absolute Gasteiger partial charge is 0.482 e. The highest BCUT2D eigenvalue weighted by atomic mass is 16.6. The molecule has 8 heteroatoms. The van der Waals surface area contributed by atoms with E-state index in [1.807, 2.05) is 26.0 Å². The van der Waals surface area contributed by atoms with Crippen molar-refractivity contribution in [3.63, 3.8) is 0 Å². The first-order chi connectivity index (χ1) is 13.9. The summed E-state index contributed by atoms with van der Waals surface area (Å²) in [6.07, 6.45) is 1.05. The zero-order chi connectivity index (χ0) is 21.2. The van der Waals surface area contributed by atoms with Gasteiger partial charge in [-0.15, -0.1) is 0 Å². The fraction of sp³-hybridized carbons (Fsp3) is 0.238. The van der Waals surface area contributed by atoms with Gasteiger partial charge < -0.3 is 14.8 Å². The van der Waals surface area contributed by atoms with Crippen LogP contribution in [0.25, 0.3) is 0 Å². The Morgan fingerprint density at radius 3 is 2.59 bits per heavy atom. The molecular weight excluding hydrogens is 374 g/mol. The van der Waals surface area contributed by atoms with Crippen LogP contribution < -0.4 is 15.5 Å². The summed E-state index contributed by atoms with van der Waals surface area (Å²) in [5.41, 5.74) is 5.63. The smallest absolute Gasteiger partial charge is 0.343 e. The van der Waals surface area contributed by atoms with Gasteiger partial charge in [0.2, 0.25) is 11.8 Å². The van der Waals surface area contributed by atoms with Crippen LogP contribution in [0.3, 0.4) is 0 Å². The van der Waals surface area contributed by atoms with Gasteiger partial charge in [0.25, 0.3) is 0 Å². The topological polar surface area (TPSA) is 106 Å². The second kappa shape index (κ2) is 10.6. The highest BCUT2D eigenvalue weighted by molar-refractivity contribution is 6.04. The normalized spacial score (nSPS) is 10.4. The van der Waals surface area contributed by atoms with Gasteiger partial charge in [-0.2, -0.15) is 5.10 Å². The van der Waals surface area contributed by atoms with Crippen LogP contribution in [0, 0.1) is 13.8 Å². The number of aryl methyl sites for hydroxylation is 2. The lowest BCUT2D eigenvalue weighted by Gasteiger charge is -2.08. The second-order valence-electron chi connectivity index (χ2n) is 6.27. The predicted octanol–water partition coefficient (Wildman–Crippen LogP) is 2.33. The van der Waals surface area contributed by atoms with Gasteiger partial charge in [-0.1, -0.05) is 29.8 Å². The Hall–Kier alpha value is -3.68. The van der Waals surface area contributed by atoms with Crippen molar-refractivity contribution < 1.29 is 23.9 Å². The summed E-state index contributed by atoms with van der Waals surface area (Å²) < 4.78 is 9.78. The molecule has 0 heterocycles. The molecule has 29 heavy (non-hydrogen) atoms. The Morgan fingerprint density at radius 1 is 1.07 bits per heavy atom. The molecule has 0 unspecified atom stereocenters. The lowest BCUT2D eigenvalue weighted by atomic mass is 10.1. The molecule has 0 saturated carbocycles. The first kappa shape index (κ1) is 21.6. The van der Waals surface area contributed by atoms with E-state index in [0.29, 0.717) is 17.0 Å². The number of nitrogens with zero attached hydrogens (tertiary/aromatic N) is 1. The summed E-state index contributed by atoms with van der Waals surface area (Å²) in [4.78, 5) is 35.0. The van der Waals surface area contributed by atoms with E-state index in [4.69, 9.17) is 4.74 Å². The molecule has 0 fully saturated rings. The third-order valence-corrected chi connectivity index (χ3v) is 3.82. The van der Waals surface area contributed by atoms with E-state index >= 15 is 0 Å². The zero-order valence-electron chi connectivity index (χ0n) is 16.5. The summed E-state index contributed by atoms with van der Waals surface area (Å²) >= 11 is 0. The minimum absolute atomic E-state index is 0.205. The molecule has 0 radical (unpaired) electrons. The van der Waals surface area contributed by atoms with Crippen LogP contribution in [-0.2, 0) is 19.1 Å². The van der Waals surface area contributed by atoms with Crippen molar-refractivity contribution in [2.45, 2.75) is 20.3 Å². The lowest BCUT2D eigenvalue weighted by molar-refractivity contribution is -0.143. The average Bonchev–Trinajstić information content (AvgIpc) is 2.68. The van der Waals surface area contributed by atoms with Crippen molar-refractivity contribution in [2.24, 2.45) is 5.10 Å². The highest BCUT2D eigenvalue weighted by Gasteiger charge is 2.10. The van der Waals surface area contributed by atoms with Crippen LogP contribution in [0.4, 0.5) is 5.69 Å². The Kier molecular flexibility index (Phi) is 7.90. The fourth-order valence-electron chi connectivity index (χ4n) is 2.40. The van der Waals surface area contributed by atoms with Gasteiger partial charge in [0, 0.05) is 5.69 Å². The second-order valence-corrected chi connectivity index (χ2v) is 6.27. The van der Waals surface area contributed by atoms with E-state index in [0.717, 1.165) is 11.1 Å². The van der Waals surface area contributed by atoms with Gasteiger partial charge in [0.05, 0.1) is 13.3 Å². The molecule has 0 bridgehead atoms. The van der Waals surface area contributed by atoms with Gasteiger partial charge in [-0.25, -0.2) is 10.2 Å². The number of nitrogens with one attached hydrogen (secondary N) is 2. The standard InChI is InChI=1S/C21H23N3O5/c1-14-7-8-18(15(2)9-14)23-19(25)11-20(26)24-22-12-16-5-4-6-17(10-16)29-13-21(27)28-3/h4-10,12H,11,13H2,1-3H3,(H,23,25)(H,24,26). The number of hydrazone groups is 1.